The second-order valence-electron chi connectivity index (χ2n) is 11.6. The number of carboxylic acids is 1. The Bertz CT molecular complexity index is 668. The van der Waals surface area contributed by atoms with E-state index in [1.165, 1.54) is 32.1 Å². The number of rotatable bonds is 30. The molecule has 0 aromatic carbocycles. The van der Waals surface area contributed by atoms with E-state index in [0.29, 0.717) is 25.7 Å². The van der Waals surface area contributed by atoms with Crippen LogP contribution < -0.4 is 0 Å². The number of unbranched alkanes of at least 4 members (excludes halogenated alkanes) is 17. The predicted octanol–water partition coefficient (Wildman–Crippen LogP) is 8.98. The van der Waals surface area contributed by atoms with Gasteiger partial charge in [0.15, 0.2) is 0 Å². The summed E-state index contributed by atoms with van der Waals surface area (Å²) in [6.07, 6.45) is 25.0. The van der Waals surface area contributed by atoms with Gasteiger partial charge in [-0.1, -0.05) is 110 Å². The number of carbonyl (C=O) groups is 4. The molecule has 242 valence electrons. The number of carbonyl (C=O) groups excluding carboxylic acids is 3. The summed E-state index contributed by atoms with van der Waals surface area (Å²) in [6.45, 7) is 4.36. The molecule has 0 aromatic rings. The van der Waals surface area contributed by atoms with Crippen molar-refractivity contribution in [1.29, 1.82) is 0 Å². The third-order valence-corrected chi connectivity index (χ3v) is 7.57. The van der Waals surface area contributed by atoms with Crippen molar-refractivity contribution < 1.29 is 33.8 Å². The van der Waals surface area contributed by atoms with Gasteiger partial charge < -0.3 is 14.6 Å². The van der Waals surface area contributed by atoms with Crippen LogP contribution in [-0.4, -0.2) is 53.9 Å². The second-order valence-corrected chi connectivity index (χ2v) is 11.6. The zero-order valence-electron chi connectivity index (χ0n) is 26.6. The predicted molar refractivity (Wildman–Crippen MR) is 172 cm³/mol. The van der Waals surface area contributed by atoms with Crippen LogP contribution in [0.3, 0.4) is 0 Å². The van der Waals surface area contributed by atoms with E-state index in [1.807, 2.05) is 0 Å². The van der Waals surface area contributed by atoms with Gasteiger partial charge in [-0.2, -0.15) is 0 Å². The van der Waals surface area contributed by atoms with Crippen LogP contribution in [0.2, 0.25) is 0 Å². The average Bonchev–Trinajstić information content (AvgIpc) is 2.93. The fourth-order valence-electron chi connectivity index (χ4n) is 5.01. The molecule has 0 saturated carbocycles. The van der Waals surface area contributed by atoms with Gasteiger partial charge in [0.2, 0.25) is 0 Å². The Morgan fingerprint density at radius 2 is 0.810 bits per heavy atom. The van der Waals surface area contributed by atoms with Gasteiger partial charge in [0, 0.05) is 25.7 Å². The molecule has 0 spiro atoms. The molecule has 42 heavy (non-hydrogen) atoms. The Labute approximate surface area is 269 Å². The van der Waals surface area contributed by atoms with E-state index in [4.69, 9.17) is 14.6 Å². The summed E-state index contributed by atoms with van der Waals surface area (Å²) in [7, 11) is 0. The molecule has 0 amide bonds. The zero-order chi connectivity index (χ0) is 30.4. The van der Waals surface area contributed by atoms with Gasteiger partial charge in [0.25, 0.3) is 0 Å². The van der Waals surface area contributed by atoms with Crippen molar-refractivity contribution in [3.05, 3.63) is 0 Å². The van der Waals surface area contributed by atoms with E-state index in [0.717, 1.165) is 103 Å². The quantitative estimate of drug-likeness (QED) is 0.0385. The van der Waals surface area contributed by atoms with Crippen LogP contribution in [0.25, 0.3) is 0 Å². The fourth-order valence-corrected chi connectivity index (χ4v) is 5.01. The molecule has 0 aliphatic heterocycles. The first-order chi connectivity index (χ1) is 19.9. The van der Waals surface area contributed by atoms with Gasteiger partial charge in [-0.05, 0) is 51.4 Å². The first kappa shape index (κ1) is 42.8. The number of carboxylic acid groups (broad SMARTS) is 1. The average molecular weight is 591 g/mol. The molecule has 0 radical (unpaired) electrons. The van der Waals surface area contributed by atoms with Crippen LogP contribution in [-0.2, 0) is 28.7 Å². The third-order valence-electron chi connectivity index (χ3n) is 7.57. The molecule has 0 bridgehead atoms. The van der Waals surface area contributed by atoms with Crippen LogP contribution in [0, 0.1) is 0 Å². The Balaban J connectivity index is 0. The second kappa shape index (κ2) is 32.6. The molecule has 0 aliphatic rings. The summed E-state index contributed by atoms with van der Waals surface area (Å²) in [5.74, 6) is -1.63. The first-order valence-electron chi connectivity index (χ1n) is 17.0. The molecule has 0 aliphatic carbocycles. The van der Waals surface area contributed by atoms with Crippen molar-refractivity contribution in [2.45, 2.75) is 193 Å². The molecule has 8 heteroatoms. The first-order valence-corrected chi connectivity index (χ1v) is 17.0. The fraction of sp³-hybridized carbons (Fsp3) is 0.882. The summed E-state index contributed by atoms with van der Waals surface area (Å²) < 4.78 is 10.7. The van der Waals surface area contributed by atoms with E-state index >= 15 is 0 Å². The van der Waals surface area contributed by atoms with Crippen molar-refractivity contribution in [1.82, 2.24) is 0 Å². The van der Waals surface area contributed by atoms with E-state index in [2.05, 4.69) is 13.8 Å². The molecule has 1 atom stereocenters. The normalized spacial score (nSPS) is 11.5. The van der Waals surface area contributed by atoms with Gasteiger partial charge in [-0.15, -0.1) is 0 Å². The van der Waals surface area contributed by atoms with Crippen LogP contribution in [0.5, 0.6) is 0 Å². The van der Waals surface area contributed by atoms with Crippen LogP contribution >= 0.6 is 0 Å². The SMILES string of the molecule is CCCCCCC(CCCCCCCCCCC(=O)OC(=O)CCCCCCCCC(=O)O)OC(=O)CCCCC.[LiH]. The maximum absolute atomic E-state index is 12.2. The molecule has 0 rings (SSSR count). The molecule has 0 saturated heterocycles. The summed E-state index contributed by atoms with van der Waals surface area (Å²) in [4.78, 5) is 46.4. The van der Waals surface area contributed by atoms with Gasteiger partial charge >= 0.3 is 42.7 Å². The molecule has 7 nitrogen and oxygen atoms in total. The number of esters is 3. The Morgan fingerprint density at radius 3 is 1.26 bits per heavy atom. The van der Waals surface area contributed by atoms with Crippen molar-refractivity contribution in [3.63, 3.8) is 0 Å². The van der Waals surface area contributed by atoms with Gasteiger partial charge in [-0.3, -0.25) is 19.2 Å². The summed E-state index contributed by atoms with van der Waals surface area (Å²) in [5.41, 5.74) is 0. The van der Waals surface area contributed by atoms with Crippen molar-refractivity contribution in [2.24, 2.45) is 0 Å². The summed E-state index contributed by atoms with van der Waals surface area (Å²) in [6, 6.07) is 0. The van der Waals surface area contributed by atoms with Crippen molar-refractivity contribution in [2.75, 3.05) is 0 Å². The standard InChI is InChI=1S/C34H62O7.Li.H/c1-3-5-7-19-24-30(40-32(37)27-18-6-4-2)25-20-14-10-8-9-11-16-22-28-33(38)41-34(39)29-23-17-13-12-15-21-26-31(35)36;;/h30H,3-29H2,1-2H3,(H,35,36);;. The molecule has 1 unspecified atom stereocenters. The topological polar surface area (TPSA) is 107 Å². The van der Waals surface area contributed by atoms with Gasteiger partial charge in [0.05, 0.1) is 0 Å². The molecular formula is C34H63LiO7. The van der Waals surface area contributed by atoms with Gasteiger partial charge in [-0.25, -0.2) is 0 Å². The number of hydrogen-bond acceptors (Lipinski definition) is 6. The van der Waals surface area contributed by atoms with E-state index in [-0.39, 0.29) is 43.8 Å². The Hall–Kier alpha value is -1.32. The Morgan fingerprint density at radius 1 is 0.476 bits per heavy atom. The van der Waals surface area contributed by atoms with Crippen LogP contribution in [0.4, 0.5) is 0 Å². The maximum atomic E-state index is 12.2. The Kier molecular flexibility index (Phi) is 33.2. The van der Waals surface area contributed by atoms with Crippen LogP contribution in [0.1, 0.15) is 187 Å². The molecule has 1 N–H and O–H groups in total. The number of ether oxygens (including phenoxy) is 2. The van der Waals surface area contributed by atoms with E-state index in [9.17, 15) is 19.2 Å². The molecule has 0 heterocycles. The van der Waals surface area contributed by atoms with E-state index < -0.39 is 17.9 Å². The minimum absolute atomic E-state index is 0. The summed E-state index contributed by atoms with van der Waals surface area (Å²) >= 11 is 0. The molecule has 0 aromatic heterocycles. The molecule has 0 fully saturated rings. The minimum atomic E-state index is -0.754. The zero-order valence-corrected chi connectivity index (χ0v) is 26.6. The van der Waals surface area contributed by atoms with Crippen LogP contribution in [0.15, 0.2) is 0 Å². The monoisotopic (exact) mass is 590 g/mol. The van der Waals surface area contributed by atoms with Crippen molar-refractivity contribution >= 4 is 42.7 Å². The number of hydrogen-bond donors (Lipinski definition) is 1. The third kappa shape index (κ3) is 31.6. The number of aliphatic carboxylic acids is 1. The van der Waals surface area contributed by atoms with Gasteiger partial charge in [0.1, 0.15) is 6.10 Å². The summed E-state index contributed by atoms with van der Waals surface area (Å²) in [5, 5.41) is 8.61. The van der Waals surface area contributed by atoms with E-state index in [1.54, 1.807) is 0 Å². The van der Waals surface area contributed by atoms with Crippen molar-refractivity contribution in [3.8, 4) is 0 Å². The molecular weight excluding hydrogens is 527 g/mol.